The van der Waals surface area contributed by atoms with Crippen molar-refractivity contribution in [1.82, 2.24) is 9.66 Å². The van der Waals surface area contributed by atoms with Gasteiger partial charge in [0.05, 0.1) is 15.8 Å². The fourth-order valence-corrected chi connectivity index (χ4v) is 3.45. The van der Waals surface area contributed by atoms with Crippen LogP contribution in [0.2, 0.25) is 0 Å². The molecule has 2 heterocycles. The van der Waals surface area contributed by atoms with E-state index >= 15 is 0 Å². The van der Waals surface area contributed by atoms with Crippen LogP contribution in [-0.4, -0.2) is 14.8 Å². The van der Waals surface area contributed by atoms with Gasteiger partial charge in [-0.05, 0) is 46.6 Å². The van der Waals surface area contributed by atoms with Gasteiger partial charge in [-0.25, -0.2) is 4.98 Å². The van der Waals surface area contributed by atoms with Gasteiger partial charge < -0.3 is 5.73 Å². The second-order valence-corrected chi connectivity index (χ2v) is 6.63. The predicted octanol–water partition coefficient (Wildman–Crippen LogP) is 3.07. The highest BCUT2D eigenvalue weighted by molar-refractivity contribution is 7.80. The molecule has 0 fully saturated rings. The Morgan fingerprint density at radius 2 is 1.92 bits per heavy atom. The Hall–Kier alpha value is -2.77. The molecule has 0 spiro atoms. The van der Waals surface area contributed by atoms with Gasteiger partial charge >= 0.3 is 0 Å². The van der Waals surface area contributed by atoms with Crippen LogP contribution in [0.3, 0.4) is 0 Å². The van der Waals surface area contributed by atoms with Crippen LogP contribution in [0.25, 0.3) is 32.4 Å². The topological polar surface area (TPSA) is 72.9 Å². The summed E-state index contributed by atoms with van der Waals surface area (Å²) in [4.78, 5) is 18.5. The van der Waals surface area contributed by atoms with Crippen molar-refractivity contribution in [2.75, 3.05) is 5.43 Å². The molecule has 7 heteroatoms. The molecule has 0 bridgehead atoms. The third-order valence-corrected chi connectivity index (χ3v) is 4.66. The first-order valence-corrected chi connectivity index (χ1v) is 8.48. The fraction of sp³-hybridized carbons (Fsp3) is 0. The zero-order chi connectivity index (χ0) is 16.7. The van der Waals surface area contributed by atoms with Crippen LogP contribution in [0.1, 0.15) is 0 Å². The Bertz CT molecular complexity index is 1130. The largest absolute Gasteiger partial charge is 0.375 e. The number of hydrogen-bond acceptors (Lipinski definition) is 4. The number of hydrogen-bond donors (Lipinski definition) is 2. The fourth-order valence-electron chi connectivity index (χ4n) is 2.66. The molecule has 0 amide bonds. The monoisotopic (exact) mass is 352 g/mol. The van der Waals surface area contributed by atoms with E-state index < -0.39 is 0 Å². The summed E-state index contributed by atoms with van der Waals surface area (Å²) in [7, 11) is 0. The van der Waals surface area contributed by atoms with Crippen molar-refractivity contribution in [2.45, 2.75) is 0 Å². The molecular formula is C17H12N4OS2. The number of aromatic nitrogens is 2. The lowest BCUT2D eigenvalue weighted by molar-refractivity contribution is 0.911. The number of nitrogens with two attached hydrogens (primary N) is 1. The molecule has 0 radical (unpaired) electrons. The summed E-state index contributed by atoms with van der Waals surface area (Å²) in [5.41, 5.74) is 8.72. The summed E-state index contributed by atoms with van der Waals surface area (Å²) < 4.78 is 1.31. The van der Waals surface area contributed by atoms with Crippen LogP contribution in [0, 0.1) is 0 Å². The first-order valence-electron chi connectivity index (χ1n) is 7.19. The predicted molar refractivity (Wildman–Crippen MR) is 103 cm³/mol. The Labute approximate surface area is 146 Å². The van der Waals surface area contributed by atoms with Crippen LogP contribution in [0.15, 0.2) is 58.7 Å². The maximum atomic E-state index is 13.0. The lowest BCUT2D eigenvalue weighted by atomic mass is 10.1. The smallest absolute Gasteiger partial charge is 0.280 e. The molecular weight excluding hydrogens is 340 g/mol. The number of nitrogens with zero attached hydrogens (tertiary/aromatic N) is 2. The van der Waals surface area contributed by atoms with E-state index in [1.54, 1.807) is 0 Å². The van der Waals surface area contributed by atoms with E-state index in [0.29, 0.717) is 16.7 Å². The van der Waals surface area contributed by atoms with Gasteiger partial charge in [0.25, 0.3) is 5.56 Å². The summed E-state index contributed by atoms with van der Waals surface area (Å²) >= 11 is 6.40. The van der Waals surface area contributed by atoms with Crippen LogP contribution < -0.4 is 16.7 Å². The van der Waals surface area contributed by atoms with E-state index in [1.165, 1.54) is 16.0 Å². The molecule has 3 N–H and O–H groups in total. The van der Waals surface area contributed by atoms with Gasteiger partial charge in [-0.1, -0.05) is 30.3 Å². The van der Waals surface area contributed by atoms with Crippen molar-refractivity contribution in [3.05, 3.63) is 64.3 Å². The highest BCUT2D eigenvalue weighted by Crippen LogP contribution is 2.25. The van der Waals surface area contributed by atoms with Crippen LogP contribution in [0.5, 0.6) is 0 Å². The van der Waals surface area contributed by atoms with Crippen molar-refractivity contribution in [2.24, 2.45) is 5.73 Å². The number of benzene rings is 2. The molecule has 4 rings (SSSR count). The second-order valence-electron chi connectivity index (χ2n) is 5.25. The normalized spacial score (nSPS) is 11.0. The van der Waals surface area contributed by atoms with Crippen molar-refractivity contribution >= 4 is 50.3 Å². The van der Waals surface area contributed by atoms with Gasteiger partial charge in [0.1, 0.15) is 0 Å². The maximum absolute atomic E-state index is 13.0. The SMILES string of the molecule is NC(=S)Nn1c(-c2cccs2)nc2cc3ccccc3cc2c1=O. The molecule has 0 aliphatic rings. The van der Waals surface area contributed by atoms with E-state index in [0.717, 1.165) is 15.6 Å². The van der Waals surface area contributed by atoms with Crippen molar-refractivity contribution < 1.29 is 0 Å². The highest BCUT2D eigenvalue weighted by atomic mass is 32.1. The number of nitrogens with one attached hydrogen (secondary N) is 1. The molecule has 4 aromatic rings. The molecule has 0 aliphatic carbocycles. The molecule has 2 aromatic heterocycles. The molecule has 5 nitrogen and oxygen atoms in total. The number of thiophene rings is 1. The Morgan fingerprint density at radius 3 is 2.58 bits per heavy atom. The van der Waals surface area contributed by atoms with Gasteiger partial charge in [0, 0.05) is 0 Å². The molecule has 118 valence electrons. The van der Waals surface area contributed by atoms with E-state index in [1.807, 2.05) is 53.9 Å². The summed E-state index contributed by atoms with van der Waals surface area (Å²) in [6.45, 7) is 0. The van der Waals surface area contributed by atoms with Gasteiger partial charge in [-0.15, -0.1) is 11.3 Å². The van der Waals surface area contributed by atoms with E-state index in [2.05, 4.69) is 10.4 Å². The van der Waals surface area contributed by atoms with Gasteiger partial charge in [0.15, 0.2) is 10.9 Å². The Balaban J connectivity index is 2.11. The van der Waals surface area contributed by atoms with Crippen LogP contribution >= 0.6 is 23.6 Å². The maximum Gasteiger partial charge on any atom is 0.280 e. The quantitative estimate of drug-likeness (QED) is 0.428. The minimum atomic E-state index is -0.234. The first-order chi connectivity index (χ1) is 11.6. The zero-order valence-electron chi connectivity index (χ0n) is 12.4. The Kier molecular flexibility index (Phi) is 3.51. The van der Waals surface area contributed by atoms with Gasteiger partial charge in [-0.2, -0.15) is 4.68 Å². The minimum absolute atomic E-state index is 0.0110. The highest BCUT2D eigenvalue weighted by Gasteiger charge is 2.14. The van der Waals surface area contributed by atoms with Crippen LogP contribution in [-0.2, 0) is 0 Å². The minimum Gasteiger partial charge on any atom is -0.375 e. The first kappa shape index (κ1) is 14.8. The van der Waals surface area contributed by atoms with Crippen molar-refractivity contribution in [1.29, 1.82) is 0 Å². The molecule has 0 atom stereocenters. The van der Waals surface area contributed by atoms with Crippen molar-refractivity contribution in [3.63, 3.8) is 0 Å². The summed E-state index contributed by atoms with van der Waals surface area (Å²) in [5, 5.41) is 4.47. The lowest BCUT2D eigenvalue weighted by Gasteiger charge is -2.13. The summed E-state index contributed by atoms with van der Waals surface area (Å²) in [5.74, 6) is 0.491. The number of rotatable bonds is 2. The molecule has 0 saturated carbocycles. The molecule has 0 aliphatic heterocycles. The van der Waals surface area contributed by atoms with Gasteiger partial charge in [-0.3, -0.25) is 10.2 Å². The second kappa shape index (κ2) is 5.70. The number of fused-ring (bicyclic) bond motifs is 2. The third-order valence-electron chi connectivity index (χ3n) is 3.70. The standard InChI is InChI=1S/C17H12N4OS2/c18-17(23)20-21-15(14-6-3-7-24-14)19-13-9-11-5-2-1-4-10(11)8-12(13)16(21)22/h1-9H,(H3,18,20,23). The van der Waals surface area contributed by atoms with Crippen LogP contribution in [0.4, 0.5) is 0 Å². The van der Waals surface area contributed by atoms with Crippen molar-refractivity contribution in [3.8, 4) is 10.7 Å². The van der Waals surface area contributed by atoms with E-state index in [4.69, 9.17) is 18.0 Å². The number of thiocarbonyl (C=S) groups is 1. The molecule has 0 saturated heterocycles. The molecule has 0 unspecified atom stereocenters. The zero-order valence-corrected chi connectivity index (χ0v) is 14.0. The van der Waals surface area contributed by atoms with Gasteiger partial charge in [0.2, 0.25) is 0 Å². The third kappa shape index (κ3) is 2.44. The summed E-state index contributed by atoms with van der Waals surface area (Å²) in [6, 6.07) is 15.4. The molecule has 2 aromatic carbocycles. The lowest BCUT2D eigenvalue weighted by Crippen LogP contribution is -2.37. The van der Waals surface area contributed by atoms with E-state index in [9.17, 15) is 4.79 Å². The average Bonchev–Trinajstić information content (AvgIpc) is 3.10. The average molecular weight is 352 g/mol. The summed E-state index contributed by atoms with van der Waals surface area (Å²) in [6.07, 6.45) is 0. The molecule has 24 heavy (non-hydrogen) atoms. The Morgan fingerprint density at radius 1 is 1.17 bits per heavy atom. The van der Waals surface area contributed by atoms with E-state index in [-0.39, 0.29) is 10.7 Å².